The monoisotopic (exact) mass is 214 g/mol. The molecule has 1 atom stereocenters. The molecule has 1 unspecified atom stereocenters. The van der Waals surface area contributed by atoms with E-state index in [1.54, 1.807) is 0 Å². The fourth-order valence-electron chi connectivity index (χ4n) is 1.38. The fraction of sp³-hybridized carbons (Fsp3) is 0.636. The van der Waals surface area contributed by atoms with Gasteiger partial charge in [0.2, 0.25) is 0 Å². The molecule has 0 aliphatic carbocycles. The van der Waals surface area contributed by atoms with Gasteiger partial charge >= 0.3 is 0 Å². The summed E-state index contributed by atoms with van der Waals surface area (Å²) in [5.74, 6) is 0. The van der Waals surface area contributed by atoms with Crippen molar-refractivity contribution in [3.63, 3.8) is 0 Å². The largest absolute Gasteiger partial charge is 0.157 e. The molecule has 0 spiro atoms. The van der Waals surface area contributed by atoms with Crippen LogP contribution in [0.25, 0.3) is 0 Å². The van der Waals surface area contributed by atoms with E-state index in [0.717, 1.165) is 0 Å². The molecule has 1 aromatic heterocycles. The zero-order chi connectivity index (χ0) is 10.1. The van der Waals surface area contributed by atoms with Crippen LogP contribution in [0.3, 0.4) is 0 Å². The molecular formula is C11H18S2. The van der Waals surface area contributed by atoms with Crippen molar-refractivity contribution in [1.82, 2.24) is 0 Å². The standard InChI is InChI=1S/C11H18S2/c1-8(12-5)9-6-7-13-10(9)11(2,3)4/h6-8H,1-5H3. The lowest BCUT2D eigenvalue weighted by molar-refractivity contribution is 0.597. The van der Waals surface area contributed by atoms with Crippen LogP contribution in [0.1, 0.15) is 43.4 Å². The maximum atomic E-state index is 2.29. The molecular weight excluding hydrogens is 196 g/mol. The maximum absolute atomic E-state index is 2.29. The summed E-state index contributed by atoms with van der Waals surface area (Å²) in [4.78, 5) is 1.54. The topological polar surface area (TPSA) is 0 Å². The van der Waals surface area contributed by atoms with E-state index >= 15 is 0 Å². The SMILES string of the molecule is CSC(C)c1ccsc1C(C)(C)C. The number of hydrogen-bond donors (Lipinski definition) is 0. The molecule has 0 saturated carbocycles. The zero-order valence-corrected chi connectivity index (χ0v) is 10.7. The smallest absolute Gasteiger partial charge is 0.0277 e. The minimum absolute atomic E-state index is 0.299. The first-order valence-corrected chi connectivity index (χ1v) is 6.74. The van der Waals surface area contributed by atoms with Crippen LogP contribution in [0, 0.1) is 0 Å². The zero-order valence-electron chi connectivity index (χ0n) is 9.05. The normalized spacial score (nSPS) is 14.5. The van der Waals surface area contributed by atoms with Crippen LogP contribution in [0.2, 0.25) is 0 Å². The van der Waals surface area contributed by atoms with Gasteiger partial charge in [0.05, 0.1) is 0 Å². The minimum atomic E-state index is 0.299. The Balaban J connectivity index is 3.03. The molecule has 1 rings (SSSR count). The van der Waals surface area contributed by atoms with Gasteiger partial charge in [-0.3, -0.25) is 0 Å². The highest BCUT2D eigenvalue weighted by Gasteiger charge is 2.21. The van der Waals surface area contributed by atoms with Crippen LogP contribution in [-0.4, -0.2) is 6.26 Å². The maximum Gasteiger partial charge on any atom is 0.0277 e. The number of thioether (sulfide) groups is 1. The molecule has 0 aliphatic rings. The average Bonchev–Trinajstić information content (AvgIpc) is 2.49. The summed E-state index contributed by atoms with van der Waals surface area (Å²) in [6, 6.07) is 2.27. The number of thiophene rings is 1. The van der Waals surface area contributed by atoms with Gasteiger partial charge in [-0.05, 0) is 35.6 Å². The Morgan fingerprint density at radius 2 is 2.00 bits per heavy atom. The molecule has 0 nitrogen and oxygen atoms in total. The van der Waals surface area contributed by atoms with Crippen molar-refractivity contribution in [3.8, 4) is 0 Å². The van der Waals surface area contributed by atoms with Crippen molar-refractivity contribution < 1.29 is 0 Å². The third-order valence-electron chi connectivity index (χ3n) is 2.17. The first-order valence-electron chi connectivity index (χ1n) is 4.57. The van der Waals surface area contributed by atoms with E-state index in [4.69, 9.17) is 0 Å². The van der Waals surface area contributed by atoms with E-state index in [2.05, 4.69) is 45.4 Å². The highest BCUT2D eigenvalue weighted by Crippen LogP contribution is 2.38. The van der Waals surface area contributed by atoms with Gasteiger partial charge in [-0.25, -0.2) is 0 Å². The van der Waals surface area contributed by atoms with Crippen molar-refractivity contribution in [3.05, 3.63) is 21.9 Å². The molecule has 0 amide bonds. The van der Waals surface area contributed by atoms with Crippen molar-refractivity contribution in [2.75, 3.05) is 6.26 Å². The van der Waals surface area contributed by atoms with Gasteiger partial charge in [0.1, 0.15) is 0 Å². The summed E-state index contributed by atoms with van der Waals surface area (Å²) in [6.07, 6.45) is 2.18. The van der Waals surface area contributed by atoms with E-state index in [9.17, 15) is 0 Å². The Hall–Kier alpha value is 0.0500. The predicted molar refractivity (Wildman–Crippen MR) is 64.9 cm³/mol. The summed E-state index contributed by atoms with van der Waals surface area (Å²) in [7, 11) is 0. The Morgan fingerprint density at radius 1 is 1.38 bits per heavy atom. The summed E-state index contributed by atoms with van der Waals surface area (Å²) in [5.41, 5.74) is 1.82. The third kappa shape index (κ3) is 2.50. The lowest BCUT2D eigenvalue weighted by atomic mass is 9.91. The Bertz CT molecular complexity index is 268. The first kappa shape index (κ1) is 11.1. The van der Waals surface area contributed by atoms with Crippen LogP contribution < -0.4 is 0 Å². The summed E-state index contributed by atoms with van der Waals surface area (Å²) < 4.78 is 0. The van der Waals surface area contributed by atoms with E-state index in [1.165, 1.54) is 10.4 Å². The molecule has 1 heterocycles. The van der Waals surface area contributed by atoms with Crippen molar-refractivity contribution in [2.24, 2.45) is 0 Å². The quantitative estimate of drug-likeness (QED) is 0.700. The highest BCUT2D eigenvalue weighted by atomic mass is 32.2. The van der Waals surface area contributed by atoms with Gasteiger partial charge < -0.3 is 0 Å². The lowest BCUT2D eigenvalue weighted by Gasteiger charge is -2.21. The highest BCUT2D eigenvalue weighted by molar-refractivity contribution is 7.98. The Morgan fingerprint density at radius 3 is 2.46 bits per heavy atom. The fourth-order valence-corrected chi connectivity index (χ4v) is 2.99. The van der Waals surface area contributed by atoms with E-state index in [0.29, 0.717) is 10.7 Å². The Kier molecular flexibility index (Phi) is 3.47. The average molecular weight is 214 g/mol. The molecule has 0 radical (unpaired) electrons. The predicted octanol–water partition coefficient (Wildman–Crippen LogP) is 4.47. The van der Waals surface area contributed by atoms with Crippen LogP contribution in [-0.2, 0) is 5.41 Å². The second-order valence-electron chi connectivity index (χ2n) is 4.33. The molecule has 0 N–H and O–H groups in total. The second kappa shape index (κ2) is 4.05. The molecule has 74 valence electrons. The minimum Gasteiger partial charge on any atom is -0.157 e. The van der Waals surface area contributed by atoms with Gasteiger partial charge in [0.25, 0.3) is 0 Å². The molecule has 0 saturated heterocycles. The number of rotatable bonds is 2. The summed E-state index contributed by atoms with van der Waals surface area (Å²) in [5, 5.41) is 2.84. The van der Waals surface area contributed by atoms with Crippen molar-refractivity contribution in [1.29, 1.82) is 0 Å². The molecule has 0 bridgehead atoms. The summed E-state index contributed by atoms with van der Waals surface area (Å²) >= 11 is 3.81. The van der Waals surface area contributed by atoms with Crippen LogP contribution in [0.5, 0.6) is 0 Å². The van der Waals surface area contributed by atoms with Crippen LogP contribution >= 0.6 is 23.1 Å². The molecule has 2 heteroatoms. The molecule has 0 aliphatic heterocycles. The molecule has 1 aromatic rings. The van der Waals surface area contributed by atoms with Gasteiger partial charge in [0.15, 0.2) is 0 Å². The van der Waals surface area contributed by atoms with E-state index < -0.39 is 0 Å². The van der Waals surface area contributed by atoms with E-state index in [-0.39, 0.29) is 0 Å². The van der Waals surface area contributed by atoms with Gasteiger partial charge in [-0.1, -0.05) is 20.8 Å². The Labute approximate surface area is 89.7 Å². The van der Waals surface area contributed by atoms with Crippen molar-refractivity contribution >= 4 is 23.1 Å². The first-order chi connectivity index (χ1) is 5.96. The third-order valence-corrected chi connectivity index (χ3v) is 4.49. The van der Waals surface area contributed by atoms with Crippen LogP contribution in [0.15, 0.2) is 11.4 Å². The molecule has 13 heavy (non-hydrogen) atoms. The van der Waals surface area contributed by atoms with Gasteiger partial charge in [-0.15, -0.1) is 11.3 Å². The summed E-state index contributed by atoms with van der Waals surface area (Å²) in [6.45, 7) is 9.14. The second-order valence-corrected chi connectivity index (χ2v) is 6.43. The van der Waals surface area contributed by atoms with Crippen LogP contribution in [0.4, 0.5) is 0 Å². The van der Waals surface area contributed by atoms with Gasteiger partial charge in [0, 0.05) is 10.1 Å². The van der Waals surface area contributed by atoms with E-state index in [1.807, 2.05) is 23.1 Å². The number of hydrogen-bond acceptors (Lipinski definition) is 2. The molecule has 0 fully saturated rings. The van der Waals surface area contributed by atoms with Crippen molar-refractivity contribution in [2.45, 2.75) is 38.4 Å². The lowest BCUT2D eigenvalue weighted by Crippen LogP contribution is -2.11. The molecule has 0 aromatic carbocycles. The van der Waals surface area contributed by atoms with Gasteiger partial charge in [-0.2, -0.15) is 11.8 Å².